The second kappa shape index (κ2) is 6.02. The Morgan fingerprint density at radius 2 is 1.95 bits per heavy atom. The largest absolute Gasteiger partial charge is 0.351 e. The Morgan fingerprint density at radius 1 is 1.18 bits per heavy atom. The molecule has 0 spiro atoms. The Labute approximate surface area is 128 Å². The van der Waals surface area contributed by atoms with E-state index in [1.807, 2.05) is 30.3 Å². The van der Waals surface area contributed by atoms with Crippen LogP contribution in [0, 0.1) is 5.82 Å². The smallest absolute Gasteiger partial charge is 0.267 e. The molecule has 2 N–H and O–H groups in total. The number of aromatic nitrogens is 1. The minimum absolute atomic E-state index is 0.181. The molecule has 1 aromatic heterocycles. The molecule has 1 atom stereocenters. The molecule has 1 amide bonds. The molecule has 22 heavy (non-hydrogen) atoms. The lowest BCUT2D eigenvalue weighted by atomic mass is 10.0. The lowest BCUT2D eigenvalue weighted by Crippen LogP contribution is -2.27. The van der Waals surface area contributed by atoms with Crippen molar-refractivity contribution in [1.82, 2.24) is 10.3 Å². The first-order valence-electron chi connectivity index (χ1n) is 7.25. The maximum absolute atomic E-state index is 13.2. The van der Waals surface area contributed by atoms with Gasteiger partial charge in [0.05, 0.1) is 0 Å². The van der Waals surface area contributed by atoms with Crippen molar-refractivity contribution >= 4 is 16.8 Å². The topological polar surface area (TPSA) is 44.9 Å². The fourth-order valence-electron chi connectivity index (χ4n) is 2.47. The predicted molar refractivity (Wildman–Crippen MR) is 85.4 cm³/mol. The summed E-state index contributed by atoms with van der Waals surface area (Å²) in [5.41, 5.74) is 2.38. The van der Waals surface area contributed by atoms with Gasteiger partial charge in [0, 0.05) is 17.4 Å². The van der Waals surface area contributed by atoms with E-state index in [0.717, 1.165) is 5.52 Å². The van der Waals surface area contributed by atoms with Crippen molar-refractivity contribution in [3.63, 3.8) is 0 Å². The van der Waals surface area contributed by atoms with Crippen molar-refractivity contribution in [3.8, 4) is 0 Å². The number of carbonyl (C=O) groups is 1. The van der Waals surface area contributed by atoms with Crippen LogP contribution in [0.5, 0.6) is 0 Å². The summed E-state index contributed by atoms with van der Waals surface area (Å²) in [5, 5.41) is 3.60. The van der Waals surface area contributed by atoms with Crippen LogP contribution in [-0.2, 0) is 0 Å². The fourth-order valence-corrected chi connectivity index (χ4v) is 2.47. The van der Waals surface area contributed by atoms with Gasteiger partial charge in [-0.1, -0.05) is 37.3 Å². The molecule has 0 fully saturated rings. The second-order valence-corrected chi connectivity index (χ2v) is 5.44. The van der Waals surface area contributed by atoms with Gasteiger partial charge in [-0.15, -0.1) is 0 Å². The number of aromatic amines is 1. The number of nitrogens with one attached hydrogen (secondary N) is 2. The van der Waals surface area contributed by atoms with Gasteiger partial charge in [0.15, 0.2) is 0 Å². The maximum atomic E-state index is 13.2. The molecule has 0 unspecified atom stereocenters. The first kappa shape index (κ1) is 14.3. The highest BCUT2D eigenvalue weighted by atomic mass is 19.1. The van der Waals surface area contributed by atoms with Gasteiger partial charge in [0.2, 0.25) is 0 Å². The van der Waals surface area contributed by atoms with Crippen molar-refractivity contribution in [2.45, 2.75) is 12.8 Å². The quantitative estimate of drug-likeness (QED) is 0.755. The van der Waals surface area contributed by atoms with Crippen LogP contribution in [0.3, 0.4) is 0 Å². The van der Waals surface area contributed by atoms with Gasteiger partial charge < -0.3 is 10.3 Å². The minimum Gasteiger partial charge on any atom is -0.351 e. The summed E-state index contributed by atoms with van der Waals surface area (Å²) in [6.45, 7) is 2.61. The molecule has 0 radical (unpaired) electrons. The van der Waals surface area contributed by atoms with Crippen molar-refractivity contribution in [3.05, 3.63) is 71.7 Å². The van der Waals surface area contributed by atoms with Gasteiger partial charge in [-0.25, -0.2) is 4.39 Å². The monoisotopic (exact) mass is 296 g/mol. The molecular formula is C18H17FN2O. The van der Waals surface area contributed by atoms with Crippen LogP contribution in [0.4, 0.5) is 4.39 Å². The molecule has 0 saturated heterocycles. The molecule has 0 bridgehead atoms. The van der Waals surface area contributed by atoms with Crippen molar-refractivity contribution in [2.75, 3.05) is 6.54 Å². The lowest BCUT2D eigenvalue weighted by molar-refractivity contribution is 0.0947. The zero-order valence-corrected chi connectivity index (χ0v) is 12.3. The van der Waals surface area contributed by atoms with E-state index in [-0.39, 0.29) is 17.6 Å². The van der Waals surface area contributed by atoms with E-state index in [1.165, 1.54) is 17.7 Å². The standard InChI is InChI=1S/C18H17FN2O/c1-12(13-5-3-2-4-6-13)11-20-18(22)17-10-14-9-15(19)7-8-16(14)21-17/h2-10,12,21H,11H2,1H3,(H,20,22)/t12-/m0/s1. The van der Waals surface area contributed by atoms with Crippen LogP contribution in [0.25, 0.3) is 10.9 Å². The van der Waals surface area contributed by atoms with Crippen LogP contribution in [0.2, 0.25) is 0 Å². The molecular weight excluding hydrogens is 279 g/mol. The Bertz CT molecular complexity index is 795. The first-order chi connectivity index (χ1) is 10.6. The molecule has 0 saturated carbocycles. The van der Waals surface area contributed by atoms with Gasteiger partial charge in [-0.3, -0.25) is 4.79 Å². The van der Waals surface area contributed by atoms with Crippen molar-refractivity contribution in [2.24, 2.45) is 0 Å². The Hall–Kier alpha value is -2.62. The third kappa shape index (κ3) is 3.01. The number of benzene rings is 2. The number of hydrogen-bond donors (Lipinski definition) is 2. The summed E-state index contributed by atoms with van der Waals surface area (Å²) < 4.78 is 13.2. The summed E-state index contributed by atoms with van der Waals surface area (Å²) in [5.74, 6) is -0.262. The second-order valence-electron chi connectivity index (χ2n) is 5.44. The van der Waals surface area contributed by atoms with E-state index in [2.05, 4.69) is 17.2 Å². The van der Waals surface area contributed by atoms with E-state index in [4.69, 9.17) is 0 Å². The zero-order chi connectivity index (χ0) is 15.5. The van der Waals surface area contributed by atoms with E-state index in [9.17, 15) is 9.18 Å². The van der Waals surface area contributed by atoms with Crippen molar-refractivity contribution < 1.29 is 9.18 Å². The molecule has 0 aliphatic carbocycles. The van der Waals surface area contributed by atoms with Gasteiger partial charge in [-0.2, -0.15) is 0 Å². The third-order valence-corrected chi connectivity index (χ3v) is 3.76. The van der Waals surface area contributed by atoms with Gasteiger partial charge in [0.25, 0.3) is 5.91 Å². The highest BCUT2D eigenvalue weighted by Crippen LogP contribution is 2.17. The van der Waals surface area contributed by atoms with Gasteiger partial charge >= 0.3 is 0 Å². The summed E-state index contributed by atoms with van der Waals surface area (Å²) in [4.78, 5) is 15.2. The van der Waals surface area contributed by atoms with E-state index in [0.29, 0.717) is 17.6 Å². The summed E-state index contributed by atoms with van der Waals surface area (Å²) >= 11 is 0. The molecule has 2 aromatic carbocycles. The third-order valence-electron chi connectivity index (χ3n) is 3.76. The number of rotatable bonds is 4. The minimum atomic E-state index is -0.309. The highest BCUT2D eigenvalue weighted by molar-refractivity contribution is 5.98. The molecule has 3 aromatic rings. The number of hydrogen-bond acceptors (Lipinski definition) is 1. The van der Waals surface area contributed by atoms with Crippen LogP contribution >= 0.6 is 0 Å². The summed E-state index contributed by atoms with van der Waals surface area (Å²) in [6.07, 6.45) is 0. The highest BCUT2D eigenvalue weighted by Gasteiger charge is 2.12. The van der Waals surface area contributed by atoms with Crippen LogP contribution in [0.1, 0.15) is 28.9 Å². The number of halogens is 1. The Kier molecular flexibility index (Phi) is 3.92. The molecule has 3 rings (SSSR count). The average molecular weight is 296 g/mol. The Balaban J connectivity index is 1.68. The molecule has 112 valence electrons. The summed E-state index contributed by atoms with van der Waals surface area (Å²) in [6, 6.07) is 16.1. The van der Waals surface area contributed by atoms with E-state index in [1.54, 1.807) is 12.1 Å². The van der Waals surface area contributed by atoms with Crippen LogP contribution in [0.15, 0.2) is 54.6 Å². The fraction of sp³-hybridized carbons (Fsp3) is 0.167. The van der Waals surface area contributed by atoms with Gasteiger partial charge in [-0.05, 0) is 35.7 Å². The summed E-state index contributed by atoms with van der Waals surface area (Å²) in [7, 11) is 0. The SMILES string of the molecule is C[C@@H](CNC(=O)c1cc2cc(F)ccc2[nH]1)c1ccccc1. The molecule has 0 aliphatic heterocycles. The van der Waals surface area contributed by atoms with E-state index >= 15 is 0 Å². The van der Waals surface area contributed by atoms with Crippen molar-refractivity contribution in [1.29, 1.82) is 0 Å². The molecule has 3 nitrogen and oxygen atoms in total. The number of H-pyrrole nitrogens is 1. The number of amides is 1. The molecule has 1 heterocycles. The van der Waals surface area contributed by atoms with Crippen LogP contribution < -0.4 is 5.32 Å². The lowest BCUT2D eigenvalue weighted by Gasteiger charge is -2.12. The Morgan fingerprint density at radius 3 is 2.73 bits per heavy atom. The number of fused-ring (bicyclic) bond motifs is 1. The molecule has 0 aliphatic rings. The zero-order valence-electron chi connectivity index (χ0n) is 12.3. The van der Waals surface area contributed by atoms with Gasteiger partial charge in [0.1, 0.15) is 11.5 Å². The predicted octanol–water partition coefficient (Wildman–Crippen LogP) is 3.84. The maximum Gasteiger partial charge on any atom is 0.267 e. The van der Waals surface area contributed by atoms with E-state index < -0.39 is 0 Å². The normalized spacial score (nSPS) is 12.3. The first-order valence-corrected chi connectivity index (χ1v) is 7.25. The molecule has 4 heteroatoms. The average Bonchev–Trinajstić information content (AvgIpc) is 2.96. The van der Waals surface area contributed by atoms with Crippen LogP contribution in [-0.4, -0.2) is 17.4 Å². The number of carbonyl (C=O) groups excluding carboxylic acids is 1.